The van der Waals surface area contributed by atoms with E-state index in [2.05, 4.69) is 38.4 Å². The number of carbonyl (C=O) groups is 8. The van der Waals surface area contributed by atoms with Crippen molar-refractivity contribution in [3.63, 3.8) is 0 Å². The highest BCUT2D eigenvalue weighted by atomic mass is 16.7. The van der Waals surface area contributed by atoms with Crippen LogP contribution in [-0.2, 0) is 60.8 Å². The summed E-state index contributed by atoms with van der Waals surface area (Å²) in [6.45, 7) is 21.4. The first-order valence-corrected chi connectivity index (χ1v) is 31.2. The number of likely N-dealkylation sites (tertiary alicyclic amines) is 1. The van der Waals surface area contributed by atoms with E-state index in [1.807, 2.05) is 74.5 Å². The molecule has 1 aliphatic carbocycles. The summed E-state index contributed by atoms with van der Waals surface area (Å²) in [5, 5.41) is 15.7. The zero-order valence-electron chi connectivity index (χ0n) is 54.4. The summed E-state index contributed by atoms with van der Waals surface area (Å²) in [4.78, 5) is 114. The van der Waals surface area contributed by atoms with Gasteiger partial charge in [0.2, 0.25) is 11.8 Å². The minimum absolute atomic E-state index is 0.00711. The molecule has 21 heteroatoms. The van der Waals surface area contributed by atoms with Crippen molar-refractivity contribution in [3.05, 3.63) is 143 Å². The quantitative estimate of drug-likeness (QED) is 0.0174. The van der Waals surface area contributed by atoms with Gasteiger partial charge in [-0.25, -0.2) is 19.2 Å². The van der Waals surface area contributed by atoms with Crippen LogP contribution in [0.15, 0.2) is 120 Å². The number of hydrogen-bond donors (Lipinski definition) is 6. The number of benzene rings is 4. The van der Waals surface area contributed by atoms with Crippen molar-refractivity contribution < 1.29 is 57.5 Å². The Morgan fingerprint density at radius 2 is 1.01 bits per heavy atom. The standard InChI is InChI=1S/C39H55N5O8.C30H40N4O4/c1-24(2)32(42-36(48)50-38(4,5)6)35(47)52-43-33(40)28-18-15-26(16-19-28)17-20-31(45)25(3)41-34(46)30-23-29(27-13-11-10-12-14-27)21-22-44(30)37(49)51-39(7,8)9;1-19(2)27(31)30(37)38-34-28(32)23-15-12-21(13-16-23)14-17-26(35)20(3)33-29(36)25-11-7-10-24(18-25)22-8-5-4-6-9-22/h10-16,18-19,24-25,29-30,32H,17,20-23H2,1-9H3,(H2,40,43)(H,41,46)(H,42,48);4-6,8-9,12-13,15-16,19-20,24-25,27H,7,10-11,14,17-18,31H2,1-3H3,(H2,32,34)(H,33,36)/t25-,29-,30+,32-;20-,24-,25+,27-/m00/s1. The number of oxime groups is 2. The Balaban J connectivity index is 0.000000343. The zero-order valence-corrected chi connectivity index (χ0v) is 54.4. The number of amides is 4. The van der Waals surface area contributed by atoms with Gasteiger partial charge in [0.15, 0.2) is 23.2 Å². The maximum Gasteiger partial charge on any atom is 0.410 e. The molecule has 2 fully saturated rings. The molecule has 0 unspecified atom stereocenters. The number of alkyl carbamates (subject to hydrolysis) is 1. The second-order valence-electron chi connectivity index (χ2n) is 26.0. The summed E-state index contributed by atoms with van der Waals surface area (Å²) in [7, 11) is 0. The normalized spacial score (nSPS) is 18.5. The largest absolute Gasteiger partial charge is 0.444 e. The highest BCUT2D eigenvalue weighted by Gasteiger charge is 2.40. The van der Waals surface area contributed by atoms with E-state index in [0.29, 0.717) is 55.7 Å². The first kappa shape index (κ1) is 72.3. The molecule has 1 saturated heterocycles. The van der Waals surface area contributed by atoms with Gasteiger partial charge < -0.3 is 52.3 Å². The summed E-state index contributed by atoms with van der Waals surface area (Å²) < 4.78 is 10.8. The van der Waals surface area contributed by atoms with Gasteiger partial charge in [0.25, 0.3) is 0 Å². The number of carbonyl (C=O) groups excluding carboxylic acids is 8. The van der Waals surface area contributed by atoms with Crippen molar-refractivity contribution in [2.75, 3.05) is 6.54 Å². The van der Waals surface area contributed by atoms with Crippen molar-refractivity contribution in [3.8, 4) is 0 Å². The smallest absolute Gasteiger partial charge is 0.410 e. The Kier molecular flexibility index (Phi) is 27.3. The molecule has 0 aromatic heterocycles. The number of piperidine rings is 1. The molecule has 1 aliphatic heterocycles. The van der Waals surface area contributed by atoms with Gasteiger partial charge in [-0.2, -0.15) is 0 Å². The molecule has 0 bridgehead atoms. The molecule has 9 N–H and O–H groups in total. The highest BCUT2D eigenvalue weighted by molar-refractivity contribution is 5.98. The third kappa shape index (κ3) is 23.5. The van der Waals surface area contributed by atoms with Gasteiger partial charge in [-0.05, 0) is 146 Å². The Bertz CT molecular complexity index is 3100. The van der Waals surface area contributed by atoms with Crippen LogP contribution in [-0.4, -0.2) is 112 Å². The minimum atomic E-state index is -1.00. The summed E-state index contributed by atoms with van der Waals surface area (Å²) in [6, 6.07) is 30.5. The Morgan fingerprint density at radius 3 is 1.47 bits per heavy atom. The molecule has 0 spiro atoms. The van der Waals surface area contributed by atoms with Crippen LogP contribution in [0, 0.1) is 17.8 Å². The van der Waals surface area contributed by atoms with Crippen LogP contribution < -0.4 is 33.2 Å². The lowest BCUT2D eigenvalue weighted by Gasteiger charge is -2.39. The fraction of sp³-hybridized carbons (Fsp3) is 0.507. The van der Waals surface area contributed by atoms with Crippen molar-refractivity contribution in [1.82, 2.24) is 20.9 Å². The molecule has 1 heterocycles. The van der Waals surface area contributed by atoms with E-state index >= 15 is 0 Å². The second kappa shape index (κ2) is 33.9. The minimum Gasteiger partial charge on any atom is -0.444 e. The van der Waals surface area contributed by atoms with Crippen LogP contribution in [0.25, 0.3) is 0 Å². The molecule has 4 aromatic rings. The number of nitrogens with zero attached hydrogens (tertiary/aromatic N) is 3. The molecule has 488 valence electrons. The topological polar surface area (TPSA) is 316 Å². The molecule has 21 nitrogen and oxygen atoms in total. The first-order chi connectivity index (χ1) is 42.4. The fourth-order valence-electron chi connectivity index (χ4n) is 10.3. The SMILES string of the molecule is CC(C)[C@H](N)C(=O)O/N=C(\N)c1ccc(CCC(=O)[C@H](C)NC(=O)[C@@H]2CCC[C@H](c3ccccc3)C2)cc1.CC(C)[C@H](NC(=O)OC(C)(C)C)C(=O)O/N=C(\N)c1ccc(CCC(=O)[C@H](C)NC(=O)[C@H]2C[C@@H](c3ccccc3)CCN2C(=O)OC(C)(C)C)cc1. The number of rotatable bonds is 23. The molecule has 4 amide bonds. The fourth-order valence-corrected chi connectivity index (χ4v) is 10.3. The predicted molar refractivity (Wildman–Crippen MR) is 345 cm³/mol. The summed E-state index contributed by atoms with van der Waals surface area (Å²) in [5.41, 5.74) is 21.5. The molecule has 1 saturated carbocycles. The first-order valence-electron chi connectivity index (χ1n) is 31.2. The molecule has 2 aliphatic rings. The summed E-state index contributed by atoms with van der Waals surface area (Å²) in [6.07, 6.45) is 4.99. The Hall–Kier alpha value is -8.46. The van der Waals surface area contributed by atoms with Crippen molar-refractivity contribution in [2.45, 2.75) is 201 Å². The number of ketones is 2. The monoisotopic (exact) mass is 1240 g/mol. The van der Waals surface area contributed by atoms with Gasteiger partial charge in [0.1, 0.15) is 29.3 Å². The molecule has 8 atom stereocenters. The lowest BCUT2D eigenvalue weighted by molar-refractivity contribution is -0.147. The number of nitrogens with one attached hydrogen (secondary N) is 3. The number of ether oxygens (including phenoxy) is 2. The van der Waals surface area contributed by atoms with E-state index in [0.717, 1.165) is 42.4 Å². The second-order valence-corrected chi connectivity index (χ2v) is 26.0. The van der Waals surface area contributed by atoms with E-state index in [4.69, 9.17) is 36.3 Å². The van der Waals surface area contributed by atoms with Gasteiger partial charge in [-0.15, -0.1) is 0 Å². The number of Topliss-reactive ketones (excluding diaryl/α,β-unsaturated/α-hetero) is 2. The lowest BCUT2D eigenvalue weighted by Crippen LogP contribution is -2.56. The number of amidine groups is 2. The molecular weight excluding hydrogens is 1150 g/mol. The Morgan fingerprint density at radius 1 is 0.556 bits per heavy atom. The number of hydrogen-bond acceptors (Lipinski definition) is 15. The maximum atomic E-state index is 13.6. The third-order valence-electron chi connectivity index (χ3n) is 15.7. The third-order valence-corrected chi connectivity index (χ3v) is 15.7. The number of nitrogens with two attached hydrogens (primary N) is 3. The van der Waals surface area contributed by atoms with Crippen molar-refractivity contribution >= 4 is 59.2 Å². The van der Waals surface area contributed by atoms with Gasteiger partial charge in [-0.1, -0.05) is 154 Å². The van der Waals surface area contributed by atoms with Gasteiger partial charge in [-0.3, -0.25) is 24.1 Å². The molecular formula is C69H95N9O12. The van der Waals surface area contributed by atoms with E-state index in [-0.39, 0.29) is 59.2 Å². The molecule has 4 aromatic carbocycles. The summed E-state index contributed by atoms with van der Waals surface area (Å²) in [5.74, 6) is -2.00. The average Bonchev–Trinajstić information content (AvgIpc) is 1.56. The summed E-state index contributed by atoms with van der Waals surface area (Å²) >= 11 is 0. The van der Waals surface area contributed by atoms with E-state index in [1.54, 1.807) is 106 Å². The van der Waals surface area contributed by atoms with E-state index in [1.165, 1.54) is 10.5 Å². The predicted octanol–water partition coefficient (Wildman–Crippen LogP) is 9.40. The highest BCUT2D eigenvalue weighted by Crippen LogP contribution is 2.37. The van der Waals surface area contributed by atoms with Crippen LogP contribution in [0.2, 0.25) is 0 Å². The molecule has 90 heavy (non-hydrogen) atoms. The maximum absolute atomic E-state index is 13.6. The molecule has 0 radical (unpaired) electrons. The van der Waals surface area contributed by atoms with Crippen LogP contribution in [0.5, 0.6) is 0 Å². The van der Waals surface area contributed by atoms with Crippen LogP contribution >= 0.6 is 0 Å². The van der Waals surface area contributed by atoms with E-state index in [9.17, 15) is 38.4 Å². The van der Waals surface area contributed by atoms with Crippen LogP contribution in [0.4, 0.5) is 9.59 Å². The van der Waals surface area contributed by atoms with Crippen molar-refractivity contribution in [2.24, 2.45) is 45.3 Å². The van der Waals surface area contributed by atoms with E-state index < -0.39 is 71.4 Å². The molecule has 6 rings (SSSR count). The number of aryl methyl sites for hydroxylation is 2. The average molecular weight is 1240 g/mol. The lowest BCUT2D eigenvalue weighted by atomic mass is 9.77. The van der Waals surface area contributed by atoms with Gasteiger partial charge in [0, 0.05) is 36.4 Å². The Labute approximate surface area is 530 Å². The zero-order chi connectivity index (χ0) is 66.5. The van der Waals surface area contributed by atoms with Crippen LogP contribution in [0.1, 0.15) is 180 Å². The van der Waals surface area contributed by atoms with Gasteiger partial charge in [0.05, 0.1) is 12.1 Å². The van der Waals surface area contributed by atoms with Crippen LogP contribution in [0.3, 0.4) is 0 Å². The van der Waals surface area contributed by atoms with Crippen molar-refractivity contribution in [1.29, 1.82) is 0 Å². The van der Waals surface area contributed by atoms with Gasteiger partial charge >= 0.3 is 24.1 Å².